The molecule has 148 valence electrons. The second-order valence-corrected chi connectivity index (χ2v) is 5.73. The Morgan fingerprint density at radius 3 is 2.31 bits per heavy atom. The van der Waals surface area contributed by atoms with Gasteiger partial charge in [0.2, 0.25) is 12.3 Å². The SMILES string of the molecule is CCCNc1ccc(C#N)c(C(F)(F)F)c1.N#Cc1ccc(-c2nnco2)cc1. The van der Waals surface area contributed by atoms with Gasteiger partial charge in [0.25, 0.3) is 0 Å². The Bertz CT molecular complexity index is 1000. The highest BCUT2D eigenvalue weighted by Gasteiger charge is 2.33. The third-order valence-electron chi connectivity index (χ3n) is 3.65. The number of anilines is 1. The molecule has 0 atom stereocenters. The highest BCUT2D eigenvalue weighted by Crippen LogP contribution is 2.33. The lowest BCUT2D eigenvalue weighted by molar-refractivity contribution is -0.137. The molecule has 9 heteroatoms. The van der Waals surface area contributed by atoms with Crippen molar-refractivity contribution in [1.82, 2.24) is 10.2 Å². The molecule has 0 saturated heterocycles. The number of hydrogen-bond acceptors (Lipinski definition) is 6. The van der Waals surface area contributed by atoms with E-state index in [2.05, 4.69) is 15.5 Å². The maximum atomic E-state index is 12.6. The fourth-order valence-corrected chi connectivity index (χ4v) is 2.24. The van der Waals surface area contributed by atoms with Crippen LogP contribution in [-0.4, -0.2) is 16.7 Å². The van der Waals surface area contributed by atoms with Gasteiger partial charge in [-0.1, -0.05) is 6.92 Å². The van der Waals surface area contributed by atoms with Gasteiger partial charge in [0, 0.05) is 17.8 Å². The van der Waals surface area contributed by atoms with Gasteiger partial charge in [0.1, 0.15) is 0 Å². The Balaban J connectivity index is 0.000000211. The first-order valence-electron chi connectivity index (χ1n) is 8.51. The molecule has 1 aromatic heterocycles. The van der Waals surface area contributed by atoms with Gasteiger partial charge in [-0.05, 0) is 48.9 Å². The average Bonchev–Trinajstić information content (AvgIpc) is 3.27. The first-order chi connectivity index (χ1) is 13.9. The molecular formula is C20H16F3N5O. The monoisotopic (exact) mass is 399 g/mol. The van der Waals surface area contributed by atoms with Crippen LogP contribution in [0.25, 0.3) is 11.5 Å². The largest absolute Gasteiger partial charge is 0.423 e. The fraction of sp³-hybridized carbons (Fsp3) is 0.200. The van der Waals surface area contributed by atoms with Gasteiger partial charge < -0.3 is 9.73 Å². The molecule has 1 heterocycles. The van der Waals surface area contributed by atoms with Crippen LogP contribution in [0.3, 0.4) is 0 Å². The van der Waals surface area contributed by atoms with Crippen LogP contribution in [0.4, 0.5) is 18.9 Å². The Morgan fingerprint density at radius 2 is 1.79 bits per heavy atom. The van der Waals surface area contributed by atoms with Crippen molar-refractivity contribution in [1.29, 1.82) is 10.5 Å². The van der Waals surface area contributed by atoms with Crippen LogP contribution < -0.4 is 5.32 Å². The normalized spacial score (nSPS) is 10.3. The van der Waals surface area contributed by atoms with Crippen LogP contribution >= 0.6 is 0 Å². The highest BCUT2D eigenvalue weighted by atomic mass is 19.4. The number of alkyl halides is 3. The summed E-state index contributed by atoms with van der Waals surface area (Å²) in [6.07, 6.45) is -2.40. The van der Waals surface area contributed by atoms with Crippen molar-refractivity contribution in [3.63, 3.8) is 0 Å². The number of aromatic nitrogens is 2. The minimum Gasteiger partial charge on any atom is -0.423 e. The van der Waals surface area contributed by atoms with E-state index in [-0.39, 0.29) is 5.56 Å². The van der Waals surface area contributed by atoms with Crippen LogP contribution in [0.2, 0.25) is 0 Å². The van der Waals surface area contributed by atoms with Crippen molar-refractivity contribution in [2.45, 2.75) is 19.5 Å². The molecule has 3 aromatic rings. The zero-order valence-electron chi connectivity index (χ0n) is 15.4. The Labute approximate surface area is 165 Å². The zero-order chi connectivity index (χ0) is 21.3. The first-order valence-corrected chi connectivity index (χ1v) is 8.51. The smallest absolute Gasteiger partial charge is 0.417 e. The van der Waals surface area contributed by atoms with E-state index < -0.39 is 11.7 Å². The van der Waals surface area contributed by atoms with E-state index in [1.54, 1.807) is 24.3 Å². The van der Waals surface area contributed by atoms with Crippen LogP contribution in [0, 0.1) is 22.7 Å². The maximum Gasteiger partial charge on any atom is 0.417 e. The average molecular weight is 399 g/mol. The number of nitrogens with zero attached hydrogens (tertiary/aromatic N) is 4. The maximum absolute atomic E-state index is 12.6. The molecule has 0 aliphatic carbocycles. The van der Waals surface area contributed by atoms with Crippen molar-refractivity contribution >= 4 is 5.69 Å². The number of halogens is 3. The van der Waals surface area contributed by atoms with Gasteiger partial charge in [-0.2, -0.15) is 23.7 Å². The molecule has 0 amide bonds. The molecule has 0 aliphatic rings. The van der Waals surface area contributed by atoms with Crippen LogP contribution in [-0.2, 0) is 6.18 Å². The molecule has 0 unspecified atom stereocenters. The van der Waals surface area contributed by atoms with Crippen LogP contribution in [0.15, 0.2) is 53.3 Å². The summed E-state index contributed by atoms with van der Waals surface area (Å²) < 4.78 is 42.7. The third-order valence-corrected chi connectivity index (χ3v) is 3.65. The highest BCUT2D eigenvalue weighted by molar-refractivity contribution is 5.54. The summed E-state index contributed by atoms with van der Waals surface area (Å²) in [4.78, 5) is 0. The first kappa shape index (κ1) is 21.5. The van der Waals surface area contributed by atoms with E-state index in [1.165, 1.54) is 24.6 Å². The van der Waals surface area contributed by atoms with E-state index >= 15 is 0 Å². The van der Waals surface area contributed by atoms with Crippen LogP contribution in [0.5, 0.6) is 0 Å². The lowest BCUT2D eigenvalue weighted by Crippen LogP contribution is -2.09. The predicted molar refractivity (Wildman–Crippen MR) is 99.4 cm³/mol. The molecule has 2 aromatic carbocycles. The van der Waals surface area contributed by atoms with Gasteiger partial charge in [-0.15, -0.1) is 10.2 Å². The summed E-state index contributed by atoms with van der Waals surface area (Å²) in [5.74, 6) is 0.462. The third kappa shape index (κ3) is 6.08. The summed E-state index contributed by atoms with van der Waals surface area (Å²) in [6.45, 7) is 2.52. The summed E-state index contributed by atoms with van der Waals surface area (Å²) in [7, 11) is 0. The Hall–Kier alpha value is -3.85. The lowest BCUT2D eigenvalue weighted by atomic mass is 10.1. The molecule has 6 nitrogen and oxygen atoms in total. The topological polar surface area (TPSA) is 98.5 Å². The number of nitrogens with one attached hydrogen (secondary N) is 1. The lowest BCUT2D eigenvalue weighted by Gasteiger charge is -2.11. The molecule has 0 radical (unpaired) electrons. The molecule has 0 bridgehead atoms. The van der Waals surface area contributed by atoms with Crippen molar-refractivity contribution < 1.29 is 17.6 Å². The summed E-state index contributed by atoms with van der Waals surface area (Å²) in [6, 6.07) is 14.1. The molecule has 0 aliphatic heterocycles. The summed E-state index contributed by atoms with van der Waals surface area (Å²) >= 11 is 0. The van der Waals surface area contributed by atoms with E-state index in [0.29, 0.717) is 23.7 Å². The zero-order valence-corrected chi connectivity index (χ0v) is 15.4. The molecule has 29 heavy (non-hydrogen) atoms. The van der Waals surface area contributed by atoms with E-state index in [9.17, 15) is 13.2 Å². The quantitative estimate of drug-likeness (QED) is 0.662. The molecule has 0 saturated carbocycles. The minimum absolute atomic E-state index is 0.352. The van der Waals surface area contributed by atoms with Crippen molar-refractivity contribution in [2.75, 3.05) is 11.9 Å². The predicted octanol–water partition coefficient (Wildman–Crippen LogP) is 5.01. The second-order valence-electron chi connectivity index (χ2n) is 5.73. The van der Waals surface area contributed by atoms with E-state index in [1.807, 2.05) is 13.0 Å². The summed E-state index contributed by atoms with van der Waals surface area (Å²) in [5.41, 5.74) is 0.568. The van der Waals surface area contributed by atoms with Gasteiger partial charge in [-0.25, -0.2) is 0 Å². The van der Waals surface area contributed by atoms with Crippen molar-refractivity contribution in [2.24, 2.45) is 0 Å². The summed E-state index contributed by atoms with van der Waals surface area (Å²) in [5, 5.41) is 27.3. The van der Waals surface area contributed by atoms with Gasteiger partial charge in [0.05, 0.1) is 28.8 Å². The van der Waals surface area contributed by atoms with Crippen molar-refractivity contribution in [3.8, 4) is 23.6 Å². The fourth-order valence-electron chi connectivity index (χ4n) is 2.24. The number of hydrogen-bond donors (Lipinski definition) is 1. The molecule has 3 rings (SSSR count). The molecular weight excluding hydrogens is 383 g/mol. The number of nitriles is 2. The van der Waals surface area contributed by atoms with Crippen LogP contribution in [0.1, 0.15) is 30.0 Å². The standard InChI is InChI=1S/C11H11F3N2.C9H5N3O/c1-2-5-16-9-4-3-8(7-15)10(6-9)11(12,13)14;10-5-7-1-3-8(4-2-7)9-12-11-6-13-9/h3-4,6,16H,2,5H2,1H3;1-4,6H. The van der Waals surface area contributed by atoms with E-state index in [0.717, 1.165) is 18.1 Å². The number of benzene rings is 2. The van der Waals surface area contributed by atoms with Gasteiger partial charge >= 0.3 is 6.18 Å². The molecule has 1 N–H and O–H groups in total. The molecule has 0 fully saturated rings. The van der Waals surface area contributed by atoms with Crippen molar-refractivity contribution in [3.05, 3.63) is 65.5 Å². The minimum atomic E-state index is -4.49. The second kappa shape index (κ2) is 9.90. The molecule has 0 spiro atoms. The number of rotatable bonds is 4. The Morgan fingerprint density at radius 1 is 1.07 bits per heavy atom. The van der Waals surface area contributed by atoms with Gasteiger partial charge in [0.15, 0.2) is 0 Å². The van der Waals surface area contributed by atoms with E-state index in [4.69, 9.17) is 14.9 Å². The van der Waals surface area contributed by atoms with Gasteiger partial charge in [-0.3, -0.25) is 0 Å². The Kier molecular flexibility index (Phi) is 7.33.